The molecule has 5 aliphatic rings. The van der Waals surface area contributed by atoms with E-state index in [1.54, 1.807) is 12.1 Å². The van der Waals surface area contributed by atoms with E-state index >= 15 is 0 Å². The topological polar surface area (TPSA) is 198 Å². The lowest BCUT2D eigenvalue weighted by atomic mass is 10.0. The number of nitrogen functional groups attached to an aromatic ring is 1. The van der Waals surface area contributed by atoms with Gasteiger partial charge in [-0.15, -0.1) is 0 Å². The summed E-state index contributed by atoms with van der Waals surface area (Å²) in [7, 11) is 0. The largest absolute Gasteiger partial charge is 0.457 e. The molecule has 312 valence electrons. The Balaban J connectivity index is 0.712. The summed E-state index contributed by atoms with van der Waals surface area (Å²) in [5, 5.41) is 8.08. The van der Waals surface area contributed by atoms with Crippen molar-refractivity contribution in [2.45, 2.75) is 37.8 Å². The second-order valence-corrected chi connectivity index (χ2v) is 16.7. The Morgan fingerprint density at radius 3 is 2.11 bits per heavy atom. The molecule has 6 aromatic rings. The van der Waals surface area contributed by atoms with Crippen LogP contribution in [-0.4, -0.2) is 104 Å². The molecule has 0 spiro atoms. The first-order chi connectivity index (χ1) is 30.3. The van der Waals surface area contributed by atoms with E-state index in [9.17, 15) is 19.2 Å². The number of hydrogen-bond donors (Lipinski definition) is 2. The standard InChI is InChI=1S/C45H42N12O5/c46-40-38-39(26-6-9-33(10-7-26)62-32-4-2-1-3-5-32)52-57(41(38)50-25-49-40)29-14-16-53(17-15-29)31-19-47-45(48-20-31)55-23-27-21-54(22-28(27)24-55)30-8-11-34-35(18-30)44(61)56(43(34)60)36-12-13-37(58)51-42(36)59/h1-11,18-20,25,27-29,36H,12-17,21-24H2,(H2,46,49,50)(H,51,58,59). The fourth-order valence-electron chi connectivity index (χ4n) is 9.79. The van der Waals surface area contributed by atoms with Crippen LogP contribution in [0.25, 0.3) is 22.3 Å². The van der Waals surface area contributed by atoms with Gasteiger partial charge in [-0.3, -0.25) is 29.4 Å². The van der Waals surface area contributed by atoms with E-state index in [-0.39, 0.29) is 24.4 Å². The van der Waals surface area contributed by atoms with Gasteiger partial charge in [0.2, 0.25) is 17.8 Å². The highest BCUT2D eigenvalue weighted by molar-refractivity contribution is 6.23. The van der Waals surface area contributed by atoms with Crippen molar-refractivity contribution in [3.05, 3.63) is 103 Å². The number of carbonyl (C=O) groups is 4. The number of aromatic nitrogens is 6. The maximum Gasteiger partial charge on any atom is 0.262 e. The molecule has 4 fully saturated rings. The van der Waals surface area contributed by atoms with Crippen molar-refractivity contribution in [2.24, 2.45) is 11.8 Å². The van der Waals surface area contributed by atoms with Gasteiger partial charge in [0.15, 0.2) is 5.65 Å². The van der Waals surface area contributed by atoms with E-state index in [2.05, 4.69) is 30.0 Å². The quantitative estimate of drug-likeness (QED) is 0.204. The number of hydrogen-bond acceptors (Lipinski definition) is 14. The summed E-state index contributed by atoms with van der Waals surface area (Å²) in [5.41, 5.74) is 11.2. The zero-order valence-corrected chi connectivity index (χ0v) is 33.6. The zero-order valence-electron chi connectivity index (χ0n) is 33.6. The van der Waals surface area contributed by atoms with Crippen molar-refractivity contribution < 1.29 is 23.9 Å². The molecule has 0 radical (unpaired) electrons. The molecule has 3 N–H and O–H groups in total. The van der Waals surface area contributed by atoms with Crippen molar-refractivity contribution >= 4 is 57.8 Å². The summed E-state index contributed by atoms with van der Waals surface area (Å²) in [6.07, 6.45) is 7.26. The molecule has 17 heteroatoms. The molecule has 0 saturated carbocycles. The molecule has 0 bridgehead atoms. The Labute approximate surface area is 355 Å². The van der Waals surface area contributed by atoms with Crippen LogP contribution >= 0.6 is 0 Å². The third-order valence-electron chi connectivity index (χ3n) is 13.0. The second kappa shape index (κ2) is 14.9. The summed E-state index contributed by atoms with van der Waals surface area (Å²) < 4.78 is 8.02. The predicted molar refractivity (Wildman–Crippen MR) is 229 cm³/mol. The van der Waals surface area contributed by atoms with E-state index in [0.717, 1.165) is 102 Å². The van der Waals surface area contributed by atoms with Gasteiger partial charge in [-0.05, 0) is 73.9 Å². The molecule has 3 aromatic carbocycles. The number of carbonyl (C=O) groups excluding carboxylic acids is 4. The average molecular weight is 831 g/mol. The molecular formula is C45H42N12O5. The fourth-order valence-corrected chi connectivity index (χ4v) is 9.79. The van der Waals surface area contributed by atoms with Gasteiger partial charge >= 0.3 is 0 Å². The third kappa shape index (κ3) is 6.51. The van der Waals surface area contributed by atoms with E-state index < -0.39 is 29.7 Å². The highest BCUT2D eigenvalue weighted by Crippen LogP contribution is 2.39. The summed E-state index contributed by atoms with van der Waals surface area (Å²) in [4.78, 5) is 77.2. The molecule has 8 heterocycles. The number of rotatable bonds is 8. The van der Waals surface area contributed by atoms with Crippen LogP contribution in [0.15, 0.2) is 91.5 Å². The minimum absolute atomic E-state index is 0.0851. The van der Waals surface area contributed by atoms with Gasteiger partial charge in [-0.1, -0.05) is 18.2 Å². The lowest BCUT2D eigenvalue weighted by molar-refractivity contribution is -0.136. The maximum absolute atomic E-state index is 13.4. The molecule has 3 aromatic heterocycles. The van der Waals surface area contributed by atoms with Crippen LogP contribution in [0, 0.1) is 11.8 Å². The zero-order chi connectivity index (χ0) is 42.1. The van der Waals surface area contributed by atoms with Crippen molar-refractivity contribution in [2.75, 3.05) is 59.7 Å². The maximum atomic E-state index is 13.4. The lowest BCUT2D eigenvalue weighted by Crippen LogP contribution is -2.54. The van der Waals surface area contributed by atoms with Gasteiger partial charge in [0.1, 0.15) is 35.4 Å². The lowest BCUT2D eigenvalue weighted by Gasteiger charge is -2.33. The molecule has 4 saturated heterocycles. The molecule has 5 aliphatic heterocycles. The van der Waals surface area contributed by atoms with Gasteiger partial charge < -0.3 is 25.2 Å². The monoisotopic (exact) mass is 830 g/mol. The normalized spacial score (nSPS) is 21.5. The first-order valence-corrected chi connectivity index (χ1v) is 21.0. The third-order valence-corrected chi connectivity index (χ3v) is 13.0. The number of nitrogens with zero attached hydrogens (tertiary/aromatic N) is 10. The highest BCUT2D eigenvalue weighted by atomic mass is 16.5. The Hall–Kier alpha value is -7.43. The average Bonchev–Trinajstić information content (AvgIpc) is 4.06. The van der Waals surface area contributed by atoms with Gasteiger partial charge in [0.05, 0.1) is 40.6 Å². The minimum atomic E-state index is -0.985. The van der Waals surface area contributed by atoms with Crippen molar-refractivity contribution in [3.8, 4) is 22.8 Å². The van der Waals surface area contributed by atoms with Crippen LogP contribution in [-0.2, 0) is 9.59 Å². The molecule has 4 amide bonds. The first kappa shape index (κ1) is 37.6. The van der Waals surface area contributed by atoms with Crippen LogP contribution in [0.4, 0.5) is 23.1 Å². The second-order valence-electron chi connectivity index (χ2n) is 16.7. The molecule has 3 atom stereocenters. The molecule has 62 heavy (non-hydrogen) atoms. The van der Waals surface area contributed by atoms with Crippen molar-refractivity contribution in [3.63, 3.8) is 0 Å². The van der Waals surface area contributed by atoms with E-state index in [1.807, 2.05) is 77.7 Å². The summed E-state index contributed by atoms with van der Waals surface area (Å²) in [6, 6.07) is 22.0. The molecular weight excluding hydrogens is 789 g/mol. The Morgan fingerprint density at radius 1 is 0.694 bits per heavy atom. The van der Waals surface area contributed by atoms with Crippen LogP contribution in [0.5, 0.6) is 11.5 Å². The minimum Gasteiger partial charge on any atom is -0.457 e. The number of amides is 4. The number of nitrogens with one attached hydrogen (secondary N) is 1. The Bertz CT molecular complexity index is 2740. The van der Waals surface area contributed by atoms with Gasteiger partial charge in [-0.25, -0.2) is 24.6 Å². The summed E-state index contributed by atoms with van der Waals surface area (Å²) in [6.45, 7) is 4.84. The van der Waals surface area contributed by atoms with Gasteiger partial charge in [0.25, 0.3) is 11.8 Å². The number of para-hydroxylation sites is 1. The molecule has 0 aliphatic carbocycles. The Kier molecular flexibility index (Phi) is 9.05. The number of anilines is 4. The number of benzene rings is 3. The van der Waals surface area contributed by atoms with E-state index in [4.69, 9.17) is 25.5 Å². The van der Waals surface area contributed by atoms with Crippen molar-refractivity contribution in [1.82, 2.24) is 39.9 Å². The van der Waals surface area contributed by atoms with Crippen molar-refractivity contribution in [1.29, 1.82) is 0 Å². The van der Waals surface area contributed by atoms with Crippen LogP contribution in [0.1, 0.15) is 52.4 Å². The first-order valence-electron chi connectivity index (χ1n) is 21.0. The van der Waals surface area contributed by atoms with Crippen LogP contribution in [0.2, 0.25) is 0 Å². The molecule has 11 rings (SSSR count). The fraction of sp³-hybridized carbons (Fsp3) is 0.311. The van der Waals surface area contributed by atoms with E-state index in [0.29, 0.717) is 29.2 Å². The van der Waals surface area contributed by atoms with Gasteiger partial charge in [-0.2, -0.15) is 5.10 Å². The summed E-state index contributed by atoms with van der Waals surface area (Å²) in [5.74, 6) is 1.37. The highest BCUT2D eigenvalue weighted by Gasteiger charge is 2.46. The molecule has 17 nitrogen and oxygen atoms in total. The predicted octanol–water partition coefficient (Wildman–Crippen LogP) is 4.47. The SMILES string of the molecule is Nc1ncnc2c1c(-c1ccc(Oc3ccccc3)cc1)nn2C1CCN(c2cnc(N3CC4CN(c5ccc6c(c5)C(=O)N(C5CCC(=O)NC5=O)C6=O)CC4C3)nc2)CC1. The number of nitrogens with two attached hydrogens (primary N) is 1. The smallest absolute Gasteiger partial charge is 0.262 e. The summed E-state index contributed by atoms with van der Waals surface area (Å²) >= 11 is 0. The number of imide groups is 2. The number of ether oxygens (including phenoxy) is 1. The molecule has 3 unspecified atom stereocenters. The van der Waals surface area contributed by atoms with E-state index in [1.165, 1.54) is 6.33 Å². The number of piperidine rings is 2. The Morgan fingerprint density at radius 2 is 1.39 bits per heavy atom. The van der Waals surface area contributed by atoms with Crippen LogP contribution in [0.3, 0.4) is 0 Å². The number of fused-ring (bicyclic) bond motifs is 3. The van der Waals surface area contributed by atoms with Gasteiger partial charge in [0, 0.05) is 68.8 Å². The van der Waals surface area contributed by atoms with Crippen LogP contribution < -0.4 is 30.5 Å².